The molecular formula is C18H20N2O3S. The van der Waals surface area contributed by atoms with Crippen molar-refractivity contribution in [3.63, 3.8) is 0 Å². The maximum absolute atomic E-state index is 12.2. The number of amides is 2. The molecule has 0 saturated carbocycles. The number of nitrogens with one attached hydrogen (secondary N) is 2. The fourth-order valence-corrected chi connectivity index (χ4v) is 3.65. The molecule has 0 bridgehead atoms. The Morgan fingerprint density at radius 2 is 1.79 bits per heavy atom. The number of fused-ring (bicyclic) bond motifs is 1. The van der Waals surface area contributed by atoms with E-state index in [4.69, 9.17) is 0 Å². The van der Waals surface area contributed by atoms with Crippen molar-refractivity contribution in [2.75, 3.05) is 11.6 Å². The molecule has 5 nitrogen and oxygen atoms in total. The Kier molecular flexibility index (Phi) is 4.57. The van der Waals surface area contributed by atoms with Gasteiger partial charge < -0.3 is 10.6 Å². The molecule has 1 unspecified atom stereocenters. The summed E-state index contributed by atoms with van der Waals surface area (Å²) in [6.07, 6.45) is 4.16. The van der Waals surface area contributed by atoms with Gasteiger partial charge in [0.15, 0.2) is 9.84 Å². The summed E-state index contributed by atoms with van der Waals surface area (Å²) in [5.41, 5.74) is 3.02. The normalized spacial score (nSPS) is 17.0. The van der Waals surface area contributed by atoms with Crippen LogP contribution in [-0.2, 0) is 16.3 Å². The van der Waals surface area contributed by atoms with Gasteiger partial charge in [0.1, 0.15) is 0 Å². The quantitative estimate of drug-likeness (QED) is 0.897. The van der Waals surface area contributed by atoms with Crippen LogP contribution in [0.25, 0.3) is 0 Å². The number of benzene rings is 2. The van der Waals surface area contributed by atoms with Gasteiger partial charge in [-0.3, -0.25) is 0 Å². The number of hydrogen-bond donors (Lipinski definition) is 2. The van der Waals surface area contributed by atoms with Crippen molar-refractivity contribution in [1.82, 2.24) is 5.32 Å². The second-order valence-electron chi connectivity index (χ2n) is 6.04. The van der Waals surface area contributed by atoms with Crippen molar-refractivity contribution in [3.8, 4) is 0 Å². The molecule has 0 aliphatic heterocycles. The summed E-state index contributed by atoms with van der Waals surface area (Å²) in [7, 11) is -3.23. The van der Waals surface area contributed by atoms with Crippen LogP contribution in [0, 0.1) is 0 Å². The van der Waals surface area contributed by atoms with Gasteiger partial charge >= 0.3 is 6.03 Å². The zero-order valence-corrected chi connectivity index (χ0v) is 14.3. The molecule has 2 aromatic rings. The van der Waals surface area contributed by atoms with Crippen LogP contribution in [0.2, 0.25) is 0 Å². The monoisotopic (exact) mass is 344 g/mol. The Bertz CT molecular complexity index is 845. The van der Waals surface area contributed by atoms with E-state index in [1.165, 1.54) is 23.3 Å². The lowest BCUT2D eigenvalue weighted by Gasteiger charge is -2.26. The van der Waals surface area contributed by atoms with E-state index in [9.17, 15) is 13.2 Å². The molecule has 126 valence electrons. The molecule has 2 N–H and O–H groups in total. The Balaban J connectivity index is 1.66. The molecule has 2 amide bonds. The van der Waals surface area contributed by atoms with Crippen molar-refractivity contribution in [2.45, 2.75) is 30.2 Å². The van der Waals surface area contributed by atoms with Gasteiger partial charge in [0, 0.05) is 11.9 Å². The minimum atomic E-state index is -3.23. The van der Waals surface area contributed by atoms with Gasteiger partial charge in [0.2, 0.25) is 0 Å². The smallest absolute Gasteiger partial charge is 0.319 e. The summed E-state index contributed by atoms with van der Waals surface area (Å²) >= 11 is 0. The minimum absolute atomic E-state index is 0.00485. The molecule has 3 rings (SSSR count). The van der Waals surface area contributed by atoms with Gasteiger partial charge in [0.25, 0.3) is 0 Å². The fraction of sp³-hybridized carbons (Fsp3) is 0.278. The number of carbonyl (C=O) groups excluding carboxylic acids is 1. The van der Waals surface area contributed by atoms with E-state index in [-0.39, 0.29) is 17.0 Å². The van der Waals surface area contributed by atoms with Gasteiger partial charge in [0.05, 0.1) is 10.9 Å². The molecular weight excluding hydrogens is 324 g/mol. The van der Waals surface area contributed by atoms with E-state index >= 15 is 0 Å². The highest BCUT2D eigenvalue weighted by Gasteiger charge is 2.21. The van der Waals surface area contributed by atoms with Crippen molar-refractivity contribution in [1.29, 1.82) is 0 Å². The summed E-state index contributed by atoms with van der Waals surface area (Å²) in [5.74, 6) is 0. The van der Waals surface area contributed by atoms with E-state index in [1.807, 2.05) is 12.1 Å². The Morgan fingerprint density at radius 3 is 2.50 bits per heavy atom. The van der Waals surface area contributed by atoms with Crippen molar-refractivity contribution < 1.29 is 13.2 Å². The van der Waals surface area contributed by atoms with Gasteiger partial charge in [-0.15, -0.1) is 0 Å². The summed E-state index contributed by atoms with van der Waals surface area (Å²) in [6.45, 7) is 0. The average molecular weight is 344 g/mol. The van der Waals surface area contributed by atoms with Crippen LogP contribution >= 0.6 is 0 Å². The summed E-state index contributed by atoms with van der Waals surface area (Å²) in [4.78, 5) is 12.5. The maximum Gasteiger partial charge on any atom is 0.319 e. The topological polar surface area (TPSA) is 75.3 Å². The number of rotatable bonds is 3. The lowest BCUT2D eigenvalue weighted by Crippen LogP contribution is -2.34. The van der Waals surface area contributed by atoms with Gasteiger partial charge in [-0.1, -0.05) is 24.3 Å². The predicted octanol–water partition coefficient (Wildman–Crippen LogP) is 3.29. The molecule has 0 aromatic heterocycles. The molecule has 6 heteroatoms. The first-order valence-corrected chi connectivity index (χ1v) is 9.78. The predicted molar refractivity (Wildman–Crippen MR) is 93.8 cm³/mol. The molecule has 1 aliphatic rings. The summed E-state index contributed by atoms with van der Waals surface area (Å²) in [6, 6.07) is 14.0. The molecule has 0 spiro atoms. The summed E-state index contributed by atoms with van der Waals surface area (Å²) < 4.78 is 22.9. The highest BCUT2D eigenvalue weighted by Crippen LogP contribution is 2.29. The SMILES string of the molecule is CS(=O)(=O)c1ccc(NC(=O)NC2CCCc3ccccc32)cc1. The van der Waals surface area contributed by atoms with Crippen molar-refractivity contribution in [3.05, 3.63) is 59.7 Å². The van der Waals surface area contributed by atoms with Crippen LogP contribution in [0.4, 0.5) is 10.5 Å². The Morgan fingerprint density at radius 1 is 1.08 bits per heavy atom. The fourth-order valence-electron chi connectivity index (χ4n) is 3.01. The van der Waals surface area contributed by atoms with E-state index < -0.39 is 9.84 Å². The number of urea groups is 1. The van der Waals surface area contributed by atoms with Crippen molar-refractivity contribution >= 4 is 21.6 Å². The first-order chi connectivity index (χ1) is 11.4. The molecule has 1 atom stereocenters. The lowest BCUT2D eigenvalue weighted by molar-refractivity contribution is 0.247. The van der Waals surface area contributed by atoms with E-state index in [2.05, 4.69) is 22.8 Å². The number of aryl methyl sites for hydroxylation is 1. The zero-order chi connectivity index (χ0) is 17.2. The third-order valence-corrected chi connectivity index (χ3v) is 5.34. The number of carbonyl (C=O) groups is 1. The highest BCUT2D eigenvalue weighted by molar-refractivity contribution is 7.90. The van der Waals surface area contributed by atoms with Gasteiger partial charge in [-0.25, -0.2) is 13.2 Å². The Hall–Kier alpha value is -2.34. The largest absolute Gasteiger partial charge is 0.331 e. The summed E-state index contributed by atoms with van der Waals surface area (Å²) in [5, 5.41) is 5.75. The van der Waals surface area contributed by atoms with Crippen LogP contribution in [-0.4, -0.2) is 20.7 Å². The molecule has 24 heavy (non-hydrogen) atoms. The molecule has 2 aromatic carbocycles. The highest BCUT2D eigenvalue weighted by atomic mass is 32.2. The maximum atomic E-state index is 12.2. The second kappa shape index (κ2) is 6.65. The number of hydrogen-bond acceptors (Lipinski definition) is 3. The molecule has 0 saturated heterocycles. The molecule has 0 fully saturated rings. The van der Waals surface area contributed by atoms with E-state index in [0.717, 1.165) is 25.5 Å². The van der Waals surface area contributed by atoms with Gasteiger partial charge in [-0.2, -0.15) is 0 Å². The van der Waals surface area contributed by atoms with Crippen LogP contribution < -0.4 is 10.6 Å². The zero-order valence-electron chi connectivity index (χ0n) is 13.5. The average Bonchev–Trinajstić information content (AvgIpc) is 2.55. The van der Waals surface area contributed by atoms with Crippen LogP contribution in [0.15, 0.2) is 53.4 Å². The first-order valence-electron chi connectivity index (χ1n) is 7.89. The second-order valence-corrected chi connectivity index (χ2v) is 8.05. The van der Waals surface area contributed by atoms with Crippen LogP contribution in [0.3, 0.4) is 0 Å². The van der Waals surface area contributed by atoms with Crippen LogP contribution in [0.5, 0.6) is 0 Å². The third-order valence-electron chi connectivity index (χ3n) is 4.22. The lowest BCUT2D eigenvalue weighted by atomic mass is 9.88. The van der Waals surface area contributed by atoms with Crippen molar-refractivity contribution in [2.24, 2.45) is 0 Å². The third kappa shape index (κ3) is 3.76. The number of sulfone groups is 1. The molecule has 1 aliphatic carbocycles. The van der Waals surface area contributed by atoms with Crippen LogP contribution in [0.1, 0.15) is 30.0 Å². The molecule has 0 radical (unpaired) electrons. The van der Waals surface area contributed by atoms with E-state index in [0.29, 0.717) is 5.69 Å². The minimum Gasteiger partial charge on any atom is -0.331 e. The first kappa shape index (κ1) is 16.5. The van der Waals surface area contributed by atoms with Gasteiger partial charge in [-0.05, 0) is 54.7 Å². The van der Waals surface area contributed by atoms with E-state index in [1.54, 1.807) is 12.1 Å². The molecule has 0 heterocycles. The Labute approximate surface area is 142 Å². The standard InChI is InChI=1S/C18H20N2O3S/c1-24(22,23)15-11-9-14(10-12-15)19-18(21)20-17-8-4-6-13-5-2-3-7-16(13)17/h2-3,5,7,9-12,17H,4,6,8H2,1H3,(H2,19,20,21). The number of anilines is 1.